The van der Waals surface area contributed by atoms with Crippen molar-refractivity contribution < 1.29 is 5.11 Å². The van der Waals surface area contributed by atoms with Crippen molar-refractivity contribution in [3.8, 4) is 0 Å². The molecule has 1 aliphatic carbocycles. The second-order valence-electron chi connectivity index (χ2n) is 4.95. The molecule has 1 heterocycles. The summed E-state index contributed by atoms with van der Waals surface area (Å²) in [5.74, 6) is 0. The molecule has 0 aliphatic heterocycles. The molecule has 0 radical (unpaired) electrons. The summed E-state index contributed by atoms with van der Waals surface area (Å²) >= 11 is 0. The van der Waals surface area contributed by atoms with Crippen LogP contribution in [0, 0.1) is 0 Å². The molecule has 0 atom stereocenters. The van der Waals surface area contributed by atoms with Crippen molar-refractivity contribution in [1.82, 2.24) is 9.78 Å². The van der Waals surface area contributed by atoms with Crippen LogP contribution in [0.15, 0.2) is 12.3 Å². The zero-order valence-corrected chi connectivity index (χ0v) is 9.35. The molecular formula is C11H19N3O. The summed E-state index contributed by atoms with van der Waals surface area (Å²) < 4.78 is 1.91. The summed E-state index contributed by atoms with van der Waals surface area (Å²) in [4.78, 5) is 0. The number of aromatic nitrogens is 2. The molecule has 84 valence electrons. The third-order valence-corrected chi connectivity index (χ3v) is 2.99. The maximum Gasteiger partial charge on any atom is 0.0733 e. The number of nitrogens with zero attached hydrogens (tertiary/aromatic N) is 2. The monoisotopic (exact) mass is 209 g/mol. The fraction of sp³-hybridized carbons (Fsp3) is 0.727. The Balaban J connectivity index is 1.99. The van der Waals surface area contributed by atoms with Gasteiger partial charge in [-0.3, -0.25) is 4.68 Å². The number of rotatable bonds is 3. The lowest BCUT2D eigenvalue weighted by atomic mass is 9.73. The van der Waals surface area contributed by atoms with E-state index in [0.29, 0.717) is 25.3 Å². The summed E-state index contributed by atoms with van der Waals surface area (Å²) in [5, 5.41) is 14.5. The average molecular weight is 209 g/mol. The minimum atomic E-state index is -0.602. The van der Waals surface area contributed by atoms with Gasteiger partial charge in [0.15, 0.2) is 0 Å². The second kappa shape index (κ2) is 3.61. The van der Waals surface area contributed by atoms with Gasteiger partial charge >= 0.3 is 0 Å². The van der Waals surface area contributed by atoms with Crippen LogP contribution in [-0.2, 0) is 6.42 Å². The predicted molar refractivity (Wildman–Crippen MR) is 58.5 cm³/mol. The second-order valence-corrected chi connectivity index (χ2v) is 4.95. The molecule has 0 saturated heterocycles. The average Bonchev–Trinajstić information content (AvgIpc) is 2.49. The molecule has 0 amide bonds. The van der Waals surface area contributed by atoms with Crippen LogP contribution in [-0.4, -0.2) is 26.5 Å². The molecule has 4 nitrogen and oxygen atoms in total. The van der Waals surface area contributed by atoms with Gasteiger partial charge in [-0.05, 0) is 32.8 Å². The van der Waals surface area contributed by atoms with Gasteiger partial charge in [-0.25, -0.2) is 0 Å². The van der Waals surface area contributed by atoms with Crippen molar-refractivity contribution in [2.45, 2.75) is 50.8 Å². The Hall–Kier alpha value is -0.870. The minimum Gasteiger partial charge on any atom is -0.389 e. The van der Waals surface area contributed by atoms with Crippen LogP contribution >= 0.6 is 0 Å². The van der Waals surface area contributed by atoms with E-state index in [1.165, 1.54) is 0 Å². The van der Waals surface area contributed by atoms with Gasteiger partial charge < -0.3 is 10.8 Å². The molecule has 1 aromatic rings. The number of hydrogen-bond donors (Lipinski definition) is 2. The Bertz CT molecular complexity index is 339. The highest BCUT2D eigenvalue weighted by atomic mass is 16.3. The van der Waals surface area contributed by atoms with Crippen LogP contribution in [0.3, 0.4) is 0 Å². The molecule has 0 unspecified atom stereocenters. The number of hydrogen-bond acceptors (Lipinski definition) is 3. The van der Waals surface area contributed by atoms with Gasteiger partial charge in [0.25, 0.3) is 0 Å². The van der Waals surface area contributed by atoms with E-state index in [9.17, 15) is 5.11 Å². The molecule has 0 bridgehead atoms. The van der Waals surface area contributed by atoms with E-state index in [2.05, 4.69) is 18.9 Å². The van der Waals surface area contributed by atoms with Crippen LogP contribution in [0.5, 0.6) is 0 Å². The molecular weight excluding hydrogens is 190 g/mol. The largest absolute Gasteiger partial charge is 0.389 e. The fourth-order valence-corrected chi connectivity index (χ4v) is 2.16. The molecule has 2 rings (SSSR count). The van der Waals surface area contributed by atoms with Crippen LogP contribution in [0.25, 0.3) is 0 Å². The summed E-state index contributed by atoms with van der Waals surface area (Å²) in [6, 6.07) is 2.51. The number of aliphatic hydroxyl groups is 1. The van der Waals surface area contributed by atoms with Gasteiger partial charge in [0.1, 0.15) is 0 Å². The lowest BCUT2D eigenvalue weighted by Crippen LogP contribution is -2.52. The van der Waals surface area contributed by atoms with Crippen LogP contribution in [0.4, 0.5) is 0 Å². The van der Waals surface area contributed by atoms with Gasteiger partial charge in [0.2, 0.25) is 0 Å². The number of nitrogens with two attached hydrogens (primary N) is 1. The standard InChI is InChI=1S/C11H19N3O/c1-8(2)14-4-3-10(13-14)7-11(15)5-9(12)6-11/h3-4,8-9,15H,5-7,12H2,1-2H3. The Morgan fingerprint density at radius 1 is 1.67 bits per heavy atom. The van der Waals surface area contributed by atoms with E-state index < -0.39 is 5.60 Å². The molecule has 1 aromatic heterocycles. The first-order chi connectivity index (χ1) is 6.98. The van der Waals surface area contributed by atoms with E-state index in [1.54, 1.807) is 0 Å². The van der Waals surface area contributed by atoms with Gasteiger partial charge in [0, 0.05) is 24.7 Å². The Morgan fingerprint density at radius 3 is 2.80 bits per heavy atom. The van der Waals surface area contributed by atoms with Crippen molar-refractivity contribution in [1.29, 1.82) is 0 Å². The maximum absolute atomic E-state index is 10.1. The zero-order chi connectivity index (χ0) is 11.1. The lowest BCUT2D eigenvalue weighted by molar-refractivity contribution is -0.0463. The van der Waals surface area contributed by atoms with Crippen molar-refractivity contribution in [2.24, 2.45) is 5.73 Å². The Morgan fingerprint density at radius 2 is 2.33 bits per heavy atom. The Kier molecular flexibility index (Phi) is 2.56. The van der Waals surface area contributed by atoms with Crippen LogP contribution in [0.1, 0.15) is 38.4 Å². The third-order valence-electron chi connectivity index (χ3n) is 2.99. The predicted octanol–water partition coefficient (Wildman–Crippen LogP) is 0.859. The lowest BCUT2D eigenvalue weighted by Gasteiger charge is -2.41. The summed E-state index contributed by atoms with van der Waals surface area (Å²) in [5.41, 5.74) is 6.03. The van der Waals surface area contributed by atoms with E-state index in [4.69, 9.17) is 5.73 Å². The molecule has 0 aromatic carbocycles. The fourth-order valence-electron chi connectivity index (χ4n) is 2.16. The van der Waals surface area contributed by atoms with Crippen LogP contribution in [0.2, 0.25) is 0 Å². The summed E-state index contributed by atoms with van der Waals surface area (Å²) in [6.45, 7) is 4.18. The molecule has 0 spiro atoms. The molecule has 4 heteroatoms. The highest BCUT2D eigenvalue weighted by molar-refractivity contribution is 5.09. The first-order valence-electron chi connectivity index (χ1n) is 5.50. The minimum absolute atomic E-state index is 0.169. The highest BCUT2D eigenvalue weighted by Crippen LogP contribution is 2.33. The topological polar surface area (TPSA) is 64.1 Å². The van der Waals surface area contributed by atoms with E-state index >= 15 is 0 Å². The van der Waals surface area contributed by atoms with E-state index in [-0.39, 0.29) is 6.04 Å². The molecule has 1 aliphatic rings. The molecule has 15 heavy (non-hydrogen) atoms. The van der Waals surface area contributed by atoms with Crippen molar-refractivity contribution >= 4 is 0 Å². The highest BCUT2D eigenvalue weighted by Gasteiger charge is 2.41. The Labute approximate surface area is 90.1 Å². The van der Waals surface area contributed by atoms with E-state index in [0.717, 1.165) is 5.69 Å². The normalized spacial score (nSPS) is 30.6. The smallest absolute Gasteiger partial charge is 0.0733 e. The SMILES string of the molecule is CC(C)n1ccc(CC2(O)CC(N)C2)n1. The summed E-state index contributed by atoms with van der Waals surface area (Å²) in [7, 11) is 0. The first-order valence-corrected chi connectivity index (χ1v) is 5.50. The van der Waals surface area contributed by atoms with E-state index in [1.807, 2.05) is 16.9 Å². The first kappa shape index (κ1) is 10.6. The molecule has 3 N–H and O–H groups in total. The van der Waals surface area contributed by atoms with Crippen molar-refractivity contribution in [2.75, 3.05) is 0 Å². The van der Waals surface area contributed by atoms with Gasteiger partial charge in [-0.1, -0.05) is 0 Å². The van der Waals surface area contributed by atoms with Gasteiger partial charge in [-0.15, -0.1) is 0 Å². The quantitative estimate of drug-likeness (QED) is 0.776. The van der Waals surface area contributed by atoms with Gasteiger partial charge in [-0.2, -0.15) is 5.10 Å². The third kappa shape index (κ3) is 2.21. The zero-order valence-electron chi connectivity index (χ0n) is 9.35. The molecule has 1 saturated carbocycles. The maximum atomic E-state index is 10.1. The van der Waals surface area contributed by atoms with Crippen molar-refractivity contribution in [3.05, 3.63) is 18.0 Å². The summed E-state index contributed by atoms with van der Waals surface area (Å²) in [6.07, 6.45) is 3.98. The van der Waals surface area contributed by atoms with Gasteiger partial charge in [0.05, 0.1) is 11.3 Å². The van der Waals surface area contributed by atoms with Crippen molar-refractivity contribution in [3.63, 3.8) is 0 Å². The van der Waals surface area contributed by atoms with Crippen LogP contribution < -0.4 is 5.73 Å². The molecule has 1 fully saturated rings.